The van der Waals surface area contributed by atoms with Crippen molar-refractivity contribution in [2.45, 2.75) is 45.8 Å². The molecule has 2 heterocycles. The maximum atomic E-state index is 6.22. The van der Waals surface area contributed by atoms with Gasteiger partial charge in [-0.3, -0.25) is 5.10 Å². The molecule has 0 spiro atoms. The third-order valence-electron chi connectivity index (χ3n) is 5.61. The second-order valence-electron chi connectivity index (χ2n) is 7.85. The SMILES string of the molecule is Cc1c(Nc2n[nH]c3ccccc23)cccc1B1OC(C)(C)C(C)(C)O1. The zero-order valence-electron chi connectivity index (χ0n) is 15.9. The van der Waals surface area contributed by atoms with Crippen molar-refractivity contribution in [1.29, 1.82) is 0 Å². The molecule has 3 aromatic rings. The lowest BCUT2D eigenvalue weighted by Gasteiger charge is -2.32. The number of hydrogen-bond acceptors (Lipinski definition) is 4. The molecule has 0 bridgehead atoms. The molecule has 0 saturated carbocycles. The predicted molar refractivity (Wildman–Crippen MR) is 106 cm³/mol. The van der Waals surface area contributed by atoms with E-state index >= 15 is 0 Å². The van der Waals surface area contributed by atoms with E-state index in [9.17, 15) is 0 Å². The van der Waals surface area contributed by atoms with Crippen LogP contribution in [0.2, 0.25) is 0 Å². The number of anilines is 2. The van der Waals surface area contributed by atoms with Gasteiger partial charge in [0.15, 0.2) is 5.82 Å². The molecule has 0 radical (unpaired) electrons. The van der Waals surface area contributed by atoms with Crippen LogP contribution in [0.15, 0.2) is 42.5 Å². The van der Waals surface area contributed by atoms with Crippen LogP contribution >= 0.6 is 0 Å². The fourth-order valence-electron chi connectivity index (χ4n) is 3.20. The quantitative estimate of drug-likeness (QED) is 0.704. The molecule has 0 atom stereocenters. The Balaban J connectivity index is 1.67. The lowest BCUT2D eigenvalue weighted by atomic mass is 9.76. The minimum atomic E-state index is -0.377. The van der Waals surface area contributed by atoms with Crippen molar-refractivity contribution in [3.05, 3.63) is 48.0 Å². The van der Waals surface area contributed by atoms with Crippen LogP contribution in [-0.4, -0.2) is 28.5 Å². The fraction of sp³-hybridized carbons (Fsp3) is 0.350. The highest BCUT2D eigenvalue weighted by molar-refractivity contribution is 6.62. The van der Waals surface area contributed by atoms with E-state index in [-0.39, 0.29) is 18.3 Å². The van der Waals surface area contributed by atoms with Gasteiger partial charge < -0.3 is 14.6 Å². The lowest BCUT2D eigenvalue weighted by molar-refractivity contribution is 0.00578. The van der Waals surface area contributed by atoms with Crippen LogP contribution in [0, 0.1) is 6.92 Å². The van der Waals surface area contributed by atoms with Crippen molar-refractivity contribution in [1.82, 2.24) is 10.2 Å². The minimum Gasteiger partial charge on any atom is -0.399 e. The number of hydrogen-bond donors (Lipinski definition) is 2. The second kappa shape index (κ2) is 5.86. The highest BCUT2D eigenvalue weighted by atomic mass is 16.7. The number of H-pyrrole nitrogens is 1. The molecule has 0 amide bonds. The number of nitrogens with one attached hydrogen (secondary N) is 2. The Morgan fingerprint density at radius 3 is 2.38 bits per heavy atom. The Hall–Kier alpha value is -2.31. The number of rotatable bonds is 3. The molecule has 0 aliphatic carbocycles. The average molecular weight is 349 g/mol. The van der Waals surface area contributed by atoms with E-state index in [4.69, 9.17) is 9.31 Å². The maximum Gasteiger partial charge on any atom is 0.495 e. The Morgan fingerprint density at radius 1 is 0.962 bits per heavy atom. The van der Waals surface area contributed by atoms with Crippen LogP contribution in [0.1, 0.15) is 33.3 Å². The van der Waals surface area contributed by atoms with Gasteiger partial charge in [-0.1, -0.05) is 24.3 Å². The van der Waals surface area contributed by atoms with Crippen LogP contribution in [0.25, 0.3) is 10.9 Å². The van der Waals surface area contributed by atoms with Crippen molar-refractivity contribution in [3.63, 3.8) is 0 Å². The zero-order chi connectivity index (χ0) is 18.5. The second-order valence-corrected chi connectivity index (χ2v) is 7.85. The maximum absolute atomic E-state index is 6.22. The molecule has 2 N–H and O–H groups in total. The van der Waals surface area contributed by atoms with E-state index < -0.39 is 0 Å². The summed E-state index contributed by atoms with van der Waals surface area (Å²) in [6.07, 6.45) is 0. The van der Waals surface area contributed by atoms with Gasteiger partial charge in [0.1, 0.15) is 0 Å². The number of nitrogens with zero attached hydrogens (tertiary/aromatic N) is 1. The van der Waals surface area contributed by atoms with E-state index in [1.165, 1.54) is 0 Å². The third kappa shape index (κ3) is 2.70. The zero-order valence-corrected chi connectivity index (χ0v) is 15.9. The number of aromatic nitrogens is 2. The van der Waals surface area contributed by atoms with E-state index in [1.54, 1.807) is 0 Å². The highest BCUT2D eigenvalue weighted by Gasteiger charge is 2.52. The molecule has 6 heteroatoms. The van der Waals surface area contributed by atoms with Gasteiger partial charge in [-0.15, -0.1) is 0 Å². The third-order valence-corrected chi connectivity index (χ3v) is 5.61. The largest absolute Gasteiger partial charge is 0.495 e. The van der Waals surface area contributed by atoms with Crippen molar-refractivity contribution in [3.8, 4) is 0 Å². The summed E-state index contributed by atoms with van der Waals surface area (Å²) in [5, 5.41) is 12.0. The number of para-hydroxylation sites is 1. The molecule has 2 aromatic carbocycles. The molecule has 0 unspecified atom stereocenters. The Labute approximate surface area is 154 Å². The summed E-state index contributed by atoms with van der Waals surface area (Å²) in [4.78, 5) is 0. The van der Waals surface area contributed by atoms with Crippen LogP contribution in [0.3, 0.4) is 0 Å². The van der Waals surface area contributed by atoms with E-state index in [0.29, 0.717) is 0 Å². The standard InChI is InChI=1S/C20H24BN3O2/c1-13-15(21-25-19(2,3)20(4,5)26-21)10-8-12-16(13)22-18-14-9-6-7-11-17(14)23-24-18/h6-12H,1-5H3,(H2,22,23,24). The number of aromatic amines is 1. The van der Waals surface area contributed by atoms with Gasteiger partial charge >= 0.3 is 7.12 Å². The van der Waals surface area contributed by atoms with Gasteiger partial charge in [0.25, 0.3) is 0 Å². The monoisotopic (exact) mass is 349 g/mol. The molecule has 26 heavy (non-hydrogen) atoms. The first-order valence-electron chi connectivity index (χ1n) is 8.94. The molecule has 5 nitrogen and oxygen atoms in total. The van der Waals surface area contributed by atoms with Gasteiger partial charge in [-0.25, -0.2) is 0 Å². The summed E-state index contributed by atoms with van der Waals surface area (Å²) in [6, 6.07) is 14.2. The van der Waals surface area contributed by atoms with E-state index in [0.717, 1.165) is 33.4 Å². The van der Waals surface area contributed by atoms with Gasteiger partial charge in [-0.2, -0.15) is 5.10 Å². The van der Waals surface area contributed by atoms with Gasteiger partial charge in [-0.05, 0) is 63.8 Å². The molecule has 134 valence electrons. The first-order valence-corrected chi connectivity index (χ1v) is 8.94. The van der Waals surface area contributed by atoms with Crippen LogP contribution in [0.5, 0.6) is 0 Å². The van der Waals surface area contributed by atoms with Gasteiger partial charge in [0, 0.05) is 11.1 Å². The van der Waals surface area contributed by atoms with Gasteiger partial charge in [0.05, 0.1) is 16.7 Å². The lowest BCUT2D eigenvalue weighted by Crippen LogP contribution is -2.41. The van der Waals surface area contributed by atoms with E-state index in [2.05, 4.69) is 62.3 Å². The van der Waals surface area contributed by atoms with Crippen molar-refractivity contribution in [2.75, 3.05) is 5.32 Å². The van der Waals surface area contributed by atoms with Gasteiger partial charge in [0.2, 0.25) is 0 Å². The summed E-state index contributed by atoms with van der Waals surface area (Å²) < 4.78 is 12.4. The number of fused-ring (bicyclic) bond motifs is 1. The van der Waals surface area contributed by atoms with Crippen molar-refractivity contribution >= 4 is 35.0 Å². The Kier molecular flexibility index (Phi) is 3.86. The molecule has 1 aromatic heterocycles. The van der Waals surface area contributed by atoms with Crippen molar-refractivity contribution < 1.29 is 9.31 Å². The summed E-state index contributed by atoms with van der Waals surface area (Å²) in [6.45, 7) is 10.4. The Morgan fingerprint density at radius 2 is 1.65 bits per heavy atom. The molecule has 1 aliphatic rings. The molecule has 4 rings (SSSR count). The smallest absolute Gasteiger partial charge is 0.399 e. The fourth-order valence-corrected chi connectivity index (χ4v) is 3.20. The summed E-state index contributed by atoms with van der Waals surface area (Å²) >= 11 is 0. The molecule has 1 fully saturated rings. The van der Waals surface area contributed by atoms with Crippen molar-refractivity contribution in [2.24, 2.45) is 0 Å². The molecule has 1 saturated heterocycles. The summed E-state index contributed by atoms with van der Waals surface area (Å²) in [5.41, 5.74) is 3.42. The average Bonchev–Trinajstić information content (AvgIpc) is 3.08. The topological polar surface area (TPSA) is 59.2 Å². The number of benzene rings is 2. The molecular weight excluding hydrogens is 325 g/mol. The first kappa shape index (κ1) is 17.1. The summed E-state index contributed by atoms with van der Waals surface area (Å²) in [7, 11) is -0.377. The summed E-state index contributed by atoms with van der Waals surface area (Å²) in [5.74, 6) is 0.815. The van der Waals surface area contributed by atoms with E-state index in [1.807, 2.05) is 30.3 Å². The highest BCUT2D eigenvalue weighted by Crippen LogP contribution is 2.37. The minimum absolute atomic E-state index is 0.355. The molecule has 1 aliphatic heterocycles. The first-order chi connectivity index (χ1) is 12.3. The normalized spacial score (nSPS) is 18.4. The molecular formula is C20H24BN3O2. The van der Waals surface area contributed by atoms with Crippen LogP contribution in [0.4, 0.5) is 11.5 Å². The Bertz CT molecular complexity index is 949. The van der Waals surface area contributed by atoms with Crippen LogP contribution < -0.4 is 10.8 Å². The van der Waals surface area contributed by atoms with Crippen LogP contribution in [-0.2, 0) is 9.31 Å². The predicted octanol–water partition coefficient (Wildman–Crippen LogP) is 3.91.